The summed E-state index contributed by atoms with van der Waals surface area (Å²) in [4.78, 5) is 0. The first kappa shape index (κ1) is 16.1. The molecule has 0 aromatic heterocycles. The third-order valence-corrected chi connectivity index (χ3v) is 8.19. The number of fused-ring (bicyclic) bond motifs is 2. The van der Waals surface area contributed by atoms with Gasteiger partial charge in [0.2, 0.25) is 0 Å². The first-order valence-corrected chi connectivity index (χ1v) is 11.4. The normalized spacial score (nSPS) is 10.6. The van der Waals surface area contributed by atoms with Gasteiger partial charge in [-0.25, -0.2) is 0 Å². The zero-order valence-electron chi connectivity index (χ0n) is 14.5. The van der Waals surface area contributed by atoms with E-state index >= 15 is 0 Å². The van der Waals surface area contributed by atoms with Crippen LogP contribution < -0.4 is 17.8 Å². The summed E-state index contributed by atoms with van der Waals surface area (Å²) in [6.45, 7) is 0. The molecule has 0 saturated carbocycles. The Bertz CT molecular complexity index is 971. The number of hydrogen-bond donors (Lipinski definition) is 0. The summed E-state index contributed by atoms with van der Waals surface area (Å²) in [6, 6.07) is 26.2. The van der Waals surface area contributed by atoms with Gasteiger partial charge in [-0.3, -0.25) is 0 Å². The van der Waals surface area contributed by atoms with E-state index in [4.69, 9.17) is 9.47 Å². The molecule has 0 N–H and O–H groups in total. The van der Waals surface area contributed by atoms with Gasteiger partial charge in [0, 0.05) is 0 Å². The van der Waals surface area contributed by atoms with Crippen LogP contribution in [0.1, 0.15) is 0 Å². The minimum absolute atomic E-state index is 0.909. The summed E-state index contributed by atoms with van der Waals surface area (Å²) in [5.74, 6) is 1.82. The van der Waals surface area contributed by atoms with E-state index in [1.807, 2.05) is 12.1 Å². The molecule has 25 heavy (non-hydrogen) atoms. The van der Waals surface area contributed by atoms with Gasteiger partial charge < -0.3 is 0 Å². The SMILES string of the molecule is COc1ccc2c[c]([Zn][c]3ccc4cc(OC)ccc4c3)ccc2c1. The van der Waals surface area contributed by atoms with Crippen molar-refractivity contribution >= 4 is 29.9 Å². The average Bonchev–Trinajstić information content (AvgIpc) is 2.67. The fourth-order valence-electron chi connectivity index (χ4n) is 3.26. The molecule has 0 radical (unpaired) electrons. The van der Waals surface area contributed by atoms with Crippen LogP contribution in [-0.2, 0) is 17.1 Å². The van der Waals surface area contributed by atoms with Crippen molar-refractivity contribution in [3.05, 3.63) is 72.8 Å². The van der Waals surface area contributed by atoms with Crippen molar-refractivity contribution in [1.82, 2.24) is 0 Å². The Morgan fingerprint density at radius 2 is 0.920 bits per heavy atom. The summed E-state index contributed by atoms with van der Waals surface area (Å²) in [5, 5.41) is 5.04. The Kier molecular flexibility index (Phi) is 4.42. The van der Waals surface area contributed by atoms with E-state index in [0.717, 1.165) is 11.5 Å². The van der Waals surface area contributed by atoms with Gasteiger partial charge in [0.15, 0.2) is 0 Å². The van der Waals surface area contributed by atoms with Gasteiger partial charge in [0.25, 0.3) is 0 Å². The molecule has 0 atom stereocenters. The van der Waals surface area contributed by atoms with Gasteiger partial charge in [0.1, 0.15) is 0 Å². The summed E-state index contributed by atoms with van der Waals surface area (Å²) < 4.78 is 13.6. The molecule has 0 unspecified atom stereocenters. The van der Waals surface area contributed by atoms with E-state index in [-0.39, 0.29) is 0 Å². The van der Waals surface area contributed by atoms with Crippen LogP contribution in [0.3, 0.4) is 0 Å². The minimum atomic E-state index is -1.00. The maximum atomic E-state index is 5.31. The number of methoxy groups -OCH3 is 2. The maximum absolute atomic E-state index is 5.31. The second kappa shape index (κ2) is 6.86. The molecule has 0 bridgehead atoms. The molecule has 120 valence electrons. The van der Waals surface area contributed by atoms with Crippen LogP contribution in [0.25, 0.3) is 21.5 Å². The molecule has 2 nitrogen and oxygen atoms in total. The first-order chi connectivity index (χ1) is 12.2. The van der Waals surface area contributed by atoms with E-state index in [1.54, 1.807) is 14.2 Å². The molecule has 0 spiro atoms. The topological polar surface area (TPSA) is 18.5 Å². The van der Waals surface area contributed by atoms with Crippen LogP contribution in [-0.4, -0.2) is 14.2 Å². The molecule has 4 aromatic rings. The standard InChI is InChI=1S/2C11H9O.Zn/c2*1-12-11-7-6-9-4-2-3-5-10(9)8-11;/h2*3-8H,1H3;. The number of ether oxygens (including phenoxy) is 2. The van der Waals surface area contributed by atoms with E-state index in [1.165, 1.54) is 29.9 Å². The van der Waals surface area contributed by atoms with E-state index in [0.29, 0.717) is 0 Å². The Morgan fingerprint density at radius 1 is 0.520 bits per heavy atom. The van der Waals surface area contributed by atoms with E-state index < -0.39 is 17.1 Å². The van der Waals surface area contributed by atoms with Gasteiger partial charge in [-0.15, -0.1) is 0 Å². The Morgan fingerprint density at radius 3 is 1.36 bits per heavy atom. The van der Waals surface area contributed by atoms with Gasteiger partial charge in [-0.05, 0) is 0 Å². The van der Waals surface area contributed by atoms with Crippen molar-refractivity contribution < 1.29 is 26.6 Å². The summed E-state index contributed by atoms with van der Waals surface area (Å²) in [7, 11) is 3.42. The molecule has 0 amide bonds. The Labute approximate surface area is 155 Å². The van der Waals surface area contributed by atoms with E-state index in [9.17, 15) is 0 Å². The molecular formula is C22H18O2Zn. The van der Waals surface area contributed by atoms with Gasteiger partial charge in [-0.1, -0.05) is 0 Å². The fraction of sp³-hybridized carbons (Fsp3) is 0.0909. The molecule has 4 aromatic carbocycles. The number of rotatable bonds is 4. The molecule has 0 aliphatic carbocycles. The number of benzene rings is 4. The molecule has 4 rings (SSSR count). The quantitative estimate of drug-likeness (QED) is 0.498. The van der Waals surface area contributed by atoms with Crippen molar-refractivity contribution in [2.75, 3.05) is 14.2 Å². The second-order valence-electron chi connectivity index (χ2n) is 6.27. The summed E-state index contributed by atoms with van der Waals surface area (Å²) in [5.41, 5.74) is 0. The predicted octanol–water partition coefficient (Wildman–Crippen LogP) is 4.04. The fourth-order valence-corrected chi connectivity index (χ4v) is 6.59. The Balaban J connectivity index is 1.64. The van der Waals surface area contributed by atoms with Crippen molar-refractivity contribution in [2.45, 2.75) is 0 Å². The zero-order chi connectivity index (χ0) is 17.2. The molecule has 3 heteroatoms. The van der Waals surface area contributed by atoms with Crippen LogP contribution in [0.2, 0.25) is 0 Å². The van der Waals surface area contributed by atoms with Crippen molar-refractivity contribution in [3.63, 3.8) is 0 Å². The number of hydrogen-bond acceptors (Lipinski definition) is 2. The first-order valence-electron chi connectivity index (χ1n) is 8.38. The van der Waals surface area contributed by atoms with Crippen molar-refractivity contribution in [2.24, 2.45) is 0 Å². The van der Waals surface area contributed by atoms with Crippen LogP contribution >= 0.6 is 0 Å². The molecule has 0 heterocycles. The van der Waals surface area contributed by atoms with Crippen LogP contribution in [0.4, 0.5) is 0 Å². The molecule has 0 aliphatic rings. The summed E-state index contributed by atoms with van der Waals surface area (Å²) in [6.07, 6.45) is 0. The zero-order valence-corrected chi connectivity index (χ0v) is 17.4. The predicted molar refractivity (Wildman–Crippen MR) is 100 cm³/mol. The van der Waals surface area contributed by atoms with Gasteiger partial charge in [-0.2, -0.15) is 0 Å². The van der Waals surface area contributed by atoms with Gasteiger partial charge in [0.05, 0.1) is 0 Å². The van der Waals surface area contributed by atoms with Crippen LogP contribution in [0.15, 0.2) is 72.8 Å². The molecule has 0 fully saturated rings. The molecule has 0 saturated heterocycles. The van der Waals surface area contributed by atoms with Crippen LogP contribution in [0, 0.1) is 0 Å². The monoisotopic (exact) mass is 378 g/mol. The average molecular weight is 380 g/mol. The third-order valence-electron chi connectivity index (χ3n) is 4.63. The van der Waals surface area contributed by atoms with Crippen molar-refractivity contribution in [1.29, 1.82) is 0 Å². The van der Waals surface area contributed by atoms with E-state index in [2.05, 4.69) is 60.7 Å². The van der Waals surface area contributed by atoms with Gasteiger partial charge >= 0.3 is 155 Å². The third kappa shape index (κ3) is 3.38. The Hall–Kier alpha value is -2.38. The molecular weight excluding hydrogens is 362 g/mol. The summed E-state index contributed by atoms with van der Waals surface area (Å²) >= 11 is -1.00. The van der Waals surface area contributed by atoms with Crippen molar-refractivity contribution in [3.8, 4) is 11.5 Å². The molecule has 0 aliphatic heterocycles. The second-order valence-corrected chi connectivity index (χ2v) is 10.4. The van der Waals surface area contributed by atoms with Crippen LogP contribution in [0.5, 0.6) is 11.5 Å².